The lowest BCUT2D eigenvalue weighted by molar-refractivity contribution is 0.0284. The van der Waals surface area contributed by atoms with Crippen LogP contribution in [0.5, 0.6) is 0 Å². The summed E-state index contributed by atoms with van der Waals surface area (Å²) in [5, 5.41) is 0. The fourth-order valence-electron chi connectivity index (χ4n) is 2.87. The molecule has 1 aliphatic rings. The maximum atomic E-state index is 12.2. The predicted molar refractivity (Wildman–Crippen MR) is 92.4 cm³/mol. The van der Waals surface area contributed by atoms with Crippen molar-refractivity contribution in [1.29, 1.82) is 0 Å². The van der Waals surface area contributed by atoms with Gasteiger partial charge in [-0.25, -0.2) is 9.78 Å². The summed E-state index contributed by atoms with van der Waals surface area (Å²) in [6, 6.07) is 4.05. The number of amides is 1. The second-order valence-corrected chi connectivity index (χ2v) is 7.33. The minimum atomic E-state index is -0.479. The summed E-state index contributed by atoms with van der Waals surface area (Å²) in [4.78, 5) is 20.3. The van der Waals surface area contributed by atoms with Crippen LogP contribution < -0.4 is 10.6 Å². The Morgan fingerprint density at radius 3 is 2.74 bits per heavy atom. The fourth-order valence-corrected chi connectivity index (χ4v) is 2.87. The molecule has 0 radical (unpaired) electrons. The van der Waals surface area contributed by atoms with E-state index in [4.69, 9.17) is 10.5 Å². The van der Waals surface area contributed by atoms with Gasteiger partial charge < -0.3 is 20.3 Å². The molecular formula is C17H28N4O2. The highest BCUT2D eigenvalue weighted by Crippen LogP contribution is 2.30. The monoisotopic (exact) mass is 320 g/mol. The third-order valence-corrected chi connectivity index (χ3v) is 4.15. The SMILES string of the molecule is C[C@H]1CCN(c2ccc(N)nc2)C1CN(C)C(=O)OC(C)(C)C. The largest absolute Gasteiger partial charge is 0.444 e. The molecule has 1 saturated heterocycles. The summed E-state index contributed by atoms with van der Waals surface area (Å²) in [5.74, 6) is 1.01. The number of carbonyl (C=O) groups is 1. The van der Waals surface area contributed by atoms with Gasteiger partial charge in [0, 0.05) is 26.2 Å². The molecule has 1 aliphatic heterocycles. The third kappa shape index (κ3) is 4.50. The van der Waals surface area contributed by atoms with Crippen molar-refractivity contribution < 1.29 is 9.53 Å². The van der Waals surface area contributed by atoms with Gasteiger partial charge in [-0.1, -0.05) is 6.92 Å². The second-order valence-electron chi connectivity index (χ2n) is 7.33. The van der Waals surface area contributed by atoms with E-state index in [1.165, 1.54) is 0 Å². The van der Waals surface area contributed by atoms with E-state index in [0.717, 1.165) is 18.7 Å². The number of hydrogen-bond donors (Lipinski definition) is 1. The lowest BCUT2D eigenvalue weighted by Gasteiger charge is -2.33. The Morgan fingerprint density at radius 2 is 2.17 bits per heavy atom. The maximum Gasteiger partial charge on any atom is 0.410 e. The first-order valence-electron chi connectivity index (χ1n) is 8.09. The van der Waals surface area contributed by atoms with Crippen LogP contribution in [0.2, 0.25) is 0 Å². The van der Waals surface area contributed by atoms with E-state index in [0.29, 0.717) is 18.3 Å². The summed E-state index contributed by atoms with van der Waals surface area (Å²) in [5.41, 5.74) is 6.24. The lowest BCUT2D eigenvalue weighted by atomic mass is 10.0. The fraction of sp³-hybridized carbons (Fsp3) is 0.647. The van der Waals surface area contributed by atoms with Gasteiger partial charge in [-0.05, 0) is 45.2 Å². The number of nitrogens with two attached hydrogens (primary N) is 1. The van der Waals surface area contributed by atoms with Crippen LogP contribution in [0.3, 0.4) is 0 Å². The molecular weight excluding hydrogens is 292 g/mol. The molecule has 2 N–H and O–H groups in total. The Morgan fingerprint density at radius 1 is 1.48 bits per heavy atom. The van der Waals surface area contributed by atoms with Crippen LogP contribution in [0.4, 0.5) is 16.3 Å². The summed E-state index contributed by atoms with van der Waals surface area (Å²) in [6.07, 6.45) is 2.61. The molecule has 1 fully saturated rings. The van der Waals surface area contributed by atoms with Crippen molar-refractivity contribution in [2.24, 2.45) is 5.92 Å². The molecule has 0 aliphatic carbocycles. The minimum absolute atomic E-state index is 0.248. The van der Waals surface area contributed by atoms with Crippen LogP contribution in [0.1, 0.15) is 34.1 Å². The molecule has 0 spiro atoms. The van der Waals surface area contributed by atoms with Gasteiger partial charge in [0.25, 0.3) is 0 Å². The minimum Gasteiger partial charge on any atom is -0.444 e. The topological polar surface area (TPSA) is 71.7 Å². The first-order valence-corrected chi connectivity index (χ1v) is 8.09. The van der Waals surface area contributed by atoms with Crippen molar-refractivity contribution in [3.63, 3.8) is 0 Å². The zero-order chi connectivity index (χ0) is 17.2. The molecule has 0 bridgehead atoms. The van der Waals surface area contributed by atoms with Gasteiger partial charge in [0.05, 0.1) is 11.9 Å². The molecule has 1 amide bonds. The Balaban J connectivity index is 2.06. The van der Waals surface area contributed by atoms with E-state index in [1.54, 1.807) is 18.1 Å². The van der Waals surface area contributed by atoms with Gasteiger partial charge in [-0.15, -0.1) is 0 Å². The van der Waals surface area contributed by atoms with Gasteiger partial charge in [0.1, 0.15) is 11.4 Å². The van der Waals surface area contributed by atoms with Crippen molar-refractivity contribution in [3.05, 3.63) is 18.3 Å². The van der Waals surface area contributed by atoms with Crippen molar-refractivity contribution in [1.82, 2.24) is 9.88 Å². The van der Waals surface area contributed by atoms with E-state index in [9.17, 15) is 4.79 Å². The number of aromatic nitrogens is 1. The van der Waals surface area contributed by atoms with Gasteiger partial charge in [0.2, 0.25) is 0 Å². The van der Waals surface area contributed by atoms with Gasteiger partial charge in [-0.3, -0.25) is 0 Å². The van der Waals surface area contributed by atoms with Gasteiger partial charge in [-0.2, -0.15) is 0 Å². The van der Waals surface area contributed by atoms with Crippen LogP contribution in [0.25, 0.3) is 0 Å². The third-order valence-electron chi connectivity index (χ3n) is 4.15. The highest BCUT2D eigenvalue weighted by molar-refractivity contribution is 5.68. The van der Waals surface area contributed by atoms with E-state index >= 15 is 0 Å². The number of hydrogen-bond acceptors (Lipinski definition) is 5. The number of carbonyl (C=O) groups excluding carboxylic acids is 1. The van der Waals surface area contributed by atoms with Crippen LogP contribution in [0.15, 0.2) is 18.3 Å². The molecule has 0 saturated carbocycles. The molecule has 1 aromatic rings. The summed E-state index contributed by atoms with van der Waals surface area (Å²) < 4.78 is 5.44. The number of anilines is 2. The van der Waals surface area contributed by atoms with Crippen LogP contribution >= 0.6 is 0 Å². The Labute approximate surface area is 138 Å². The summed E-state index contributed by atoms with van der Waals surface area (Å²) in [7, 11) is 1.79. The van der Waals surface area contributed by atoms with E-state index in [-0.39, 0.29) is 12.1 Å². The molecule has 2 rings (SSSR count). The highest BCUT2D eigenvalue weighted by atomic mass is 16.6. The number of nitrogen functional groups attached to an aromatic ring is 1. The quantitative estimate of drug-likeness (QED) is 0.927. The molecule has 1 unspecified atom stereocenters. The van der Waals surface area contributed by atoms with Gasteiger partial charge in [0.15, 0.2) is 0 Å². The number of pyridine rings is 1. The average Bonchev–Trinajstić information content (AvgIpc) is 2.79. The predicted octanol–water partition coefficient (Wildman–Crippen LogP) is 2.75. The Hall–Kier alpha value is -1.98. The number of nitrogens with zero attached hydrogens (tertiary/aromatic N) is 3. The van der Waals surface area contributed by atoms with Crippen molar-refractivity contribution >= 4 is 17.6 Å². The van der Waals surface area contributed by atoms with Crippen molar-refractivity contribution in [2.45, 2.75) is 45.8 Å². The van der Waals surface area contributed by atoms with E-state index < -0.39 is 5.60 Å². The number of ether oxygens (including phenoxy) is 1. The maximum absolute atomic E-state index is 12.2. The van der Waals surface area contributed by atoms with Crippen molar-refractivity contribution in [2.75, 3.05) is 30.8 Å². The van der Waals surface area contributed by atoms with Crippen LogP contribution in [-0.4, -0.2) is 47.8 Å². The second kappa shape index (κ2) is 6.64. The molecule has 2 heterocycles. The smallest absolute Gasteiger partial charge is 0.410 e. The number of likely N-dealkylation sites (N-methyl/N-ethyl adjacent to an activating group) is 1. The van der Waals surface area contributed by atoms with Gasteiger partial charge >= 0.3 is 6.09 Å². The summed E-state index contributed by atoms with van der Waals surface area (Å²) >= 11 is 0. The van der Waals surface area contributed by atoms with Crippen molar-refractivity contribution in [3.8, 4) is 0 Å². The summed E-state index contributed by atoms with van der Waals surface area (Å²) in [6.45, 7) is 9.44. The average molecular weight is 320 g/mol. The standard InChI is InChI=1S/C17H28N4O2/c1-12-8-9-21(13-6-7-15(18)19-10-13)14(12)11-20(5)16(22)23-17(2,3)4/h6-7,10,12,14H,8-9,11H2,1-5H3,(H2,18,19)/t12-,14?/m0/s1. The molecule has 128 valence electrons. The van der Waals surface area contributed by atoms with E-state index in [1.807, 2.05) is 32.9 Å². The molecule has 1 aromatic heterocycles. The molecule has 6 nitrogen and oxygen atoms in total. The zero-order valence-corrected chi connectivity index (χ0v) is 14.7. The van der Waals surface area contributed by atoms with E-state index in [2.05, 4.69) is 16.8 Å². The zero-order valence-electron chi connectivity index (χ0n) is 14.7. The lowest BCUT2D eigenvalue weighted by Crippen LogP contribution is -2.45. The molecule has 0 aromatic carbocycles. The normalized spacial score (nSPS) is 21.3. The first kappa shape index (κ1) is 17.4. The molecule has 23 heavy (non-hydrogen) atoms. The molecule has 6 heteroatoms. The number of rotatable bonds is 3. The Kier molecular flexibility index (Phi) is 5.02. The van der Waals surface area contributed by atoms with Crippen LogP contribution in [-0.2, 0) is 4.74 Å². The highest BCUT2D eigenvalue weighted by Gasteiger charge is 2.34. The van der Waals surface area contributed by atoms with Crippen LogP contribution in [0, 0.1) is 5.92 Å². The first-order chi connectivity index (χ1) is 10.7. The Bertz CT molecular complexity index is 539. The molecule has 2 atom stereocenters.